The summed E-state index contributed by atoms with van der Waals surface area (Å²) in [6.07, 6.45) is -2.52. The summed E-state index contributed by atoms with van der Waals surface area (Å²) in [6, 6.07) is 15.8. The smallest absolute Gasteiger partial charge is 0.395 e. The molecule has 7 heteroatoms. The van der Waals surface area contributed by atoms with Crippen molar-refractivity contribution in [3.63, 3.8) is 0 Å². The van der Waals surface area contributed by atoms with Gasteiger partial charge in [-0.2, -0.15) is 13.2 Å². The van der Waals surface area contributed by atoms with Gasteiger partial charge in [0.2, 0.25) is 0 Å². The first-order valence-corrected chi connectivity index (χ1v) is 10.8. The number of halogens is 3. The zero-order valence-corrected chi connectivity index (χ0v) is 19.1. The highest BCUT2D eigenvalue weighted by Gasteiger charge is 2.48. The van der Waals surface area contributed by atoms with Crippen LogP contribution in [0.3, 0.4) is 0 Å². The summed E-state index contributed by atoms with van der Waals surface area (Å²) < 4.78 is 44.3. The van der Waals surface area contributed by atoms with Crippen LogP contribution in [-0.4, -0.2) is 56.9 Å². The molecule has 1 saturated heterocycles. The van der Waals surface area contributed by atoms with E-state index in [1.165, 1.54) is 21.0 Å². The number of esters is 1. The fourth-order valence-corrected chi connectivity index (χ4v) is 4.13. The second-order valence-corrected chi connectivity index (χ2v) is 9.12. The van der Waals surface area contributed by atoms with E-state index in [2.05, 4.69) is 17.0 Å². The van der Waals surface area contributed by atoms with Crippen molar-refractivity contribution in [1.82, 2.24) is 4.90 Å². The number of nitrogens with zero attached hydrogens (tertiary/aromatic N) is 2. The van der Waals surface area contributed by atoms with Crippen LogP contribution in [0.2, 0.25) is 0 Å². The number of methoxy groups -OCH3 is 1. The van der Waals surface area contributed by atoms with Gasteiger partial charge in [0, 0.05) is 38.4 Å². The van der Waals surface area contributed by atoms with Gasteiger partial charge < -0.3 is 14.5 Å². The molecule has 0 N–H and O–H groups in total. The van der Waals surface area contributed by atoms with E-state index < -0.39 is 11.6 Å². The van der Waals surface area contributed by atoms with Crippen LogP contribution < -0.4 is 4.90 Å². The molecule has 2 aromatic carbocycles. The lowest BCUT2D eigenvalue weighted by molar-refractivity contribution is -0.217. The first-order valence-electron chi connectivity index (χ1n) is 10.8. The molecule has 1 heterocycles. The molecule has 1 aliphatic rings. The molecule has 174 valence electrons. The molecular weight excluding hydrogens is 417 g/mol. The molecule has 3 rings (SSSR count). The summed E-state index contributed by atoms with van der Waals surface area (Å²) in [7, 11) is 3.40. The standard InChI is InChI=1S/C25H31F3N2O2/c1-24(2,25(26,27)28)17-30-15-13-22(14-16-30)29(3)21-11-9-19(10-12-21)18-5-7-20(8-6-18)23(31)32-4/h5-12,22H,13-17H2,1-4H3. The van der Waals surface area contributed by atoms with E-state index in [-0.39, 0.29) is 12.5 Å². The zero-order valence-electron chi connectivity index (χ0n) is 19.1. The summed E-state index contributed by atoms with van der Waals surface area (Å²) in [6.45, 7) is 3.92. The van der Waals surface area contributed by atoms with Crippen molar-refractivity contribution in [1.29, 1.82) is 0 Å². The van der Waals surface area contributed by atoms with Crippen LogP contribution in [0, 0.1) is 5.41 Å². The lowest BCUT2D eigenvalue weighted by atomic mass is 9.90. The molecule has 0 bridgehead atoms. The minimum atomic E-state index is -4.19. The van der Waals surface area contributed by atoms with Crippen molar-refractivity contribution in [2.45, 2.75) is 38.9 Å². The Morgan fingerprint density at radius 2 is 1.50 bits per heavy atom. The van der Waals surface area contributed by atoms with Crippen molar-refractivity contribution < 1.29 is 22.7 Å². The molecular formula is C25H31F3N2O2. The fraction of sp³-hybridized carbons (Fsp3) is 0.480. The SMILES string of the molecule is COC(=O)c1ccc(-c2ccc(N(C)C3CCN(CC(C)(C)C(F)(F)F)CC3)cc2)cc1. The number of piperidine rings is 1. The van der Waals surface area contributed by atoms with Crippen molar-refractivity contribution in [3.8, 4) is 11.1 Å². The van der Waals surface area contributed by atoms with E-state index in [0.29, 0.717) is 24.7 Å². The van der Waals surface area contributed by atoms with E-state index >= 15 is 0 Å². The Kier molecular flexibility index (Phi) is 7.18. The van der Waals surface area contributed by atoms with Crippen molar-refractivity contribution in [2.75, 3.05) is 38.7 Å². The third-order valence-corrected chi connectivity index (χ3v) is 6.41. The average Bonchev–Trinajstić information content (AvgIpc) is 2.78. The number of anilines is 1. The van der Waals surface area contributed by atoms with Crippen molar-refractivity contribution >= 4 is 11.7 Å². The fourth-order valence-electron chi connectivity index (χ4n) is 4.13. The molecule has 0 aromatic heterocycles. The number of likely N-dealkylation sites (tertiary alicyclic amines) is 1. The molecule has 0 aliphatic carbocycles. The number of benzene rings is 2. The molecule has 0 saturated carbocycles. The van der Waals surface area contributed by atoms with Crippen LogP contribution in [0.15, 0.2) is 48.5 Å². The van der Waals surface area contributed by atoms with Gasteiger partial charge in [-0.1, -0.05) is 24.3 Å². The molecule has 4 nitrogen and oxygen atoms in total. The molecule has 1 aliphatic heterocycles. The molecule has 32 heavy (non-hydrogen) atoms. The van der Waals surface area contributed by atoms with Crippen LogP contribution in [0.5, 0.6) is 0 Å². The number of carbonyl (C=O) groups is 1. The number of hydrogen-bond acceptors (Lipinski definition) is 4. The van der Waals surface area contributed by atoms with Crippen LogP contribution in [0.25, 0.3) is 11.1 Å². The molecule has 0 amide bonds. The Bertz CT molecular complexity index is 900. The number of carbonyl (C=O) groups excluding carboxylic acids is 1. The molecule has 2 aromatic rings. The van der Waals surface area contributed by atoms with Crippen LogP contribution in [0.4, 0.5) is 18.9 Å². The molecule has 1 fully saturated rings. The van der Waals surface area contributed by atoms with Gasteiger partial charge in [0.15, 0.2) is 0 Å². The minimum Gasteiger partial charge on any atom is -0.465 e. The van der Waals surface area contributed by atoms with Gasteiger partial charge in [0.25, 0.3) is 0 Å². The summed E-state index contributed by atoms with van der Waals surface area (Å²) in [5.74, 6) is -0.360. The first-order chi connectivity index (χ1) is 15.0. The Balaban J connectivity index is 1.58. The van der Waals surface area contributed by atoms with Gasteiger partial charge in [-0.15, -0.1) is 0 Å². The third-order valence-electron chi connectivity index (χ3n) is 6.41. The first kappa shape index (κ1) is 24.1. The summed E-state index contributed by atoms with van der Waals surface area (Å²) in [5.41, 5.74) is 1.94. The summed E-state index contributed by atoms with van der Waals surface area (Å²) in [4.78, 5) is 15.7. The highest BCUT2D eigenvalue weighted by atomic mass is 19.4. The number of ether oxygens (including phenoxy) is 1. The van der Waals surface area contributed by atoms with Crippen LogP contribution >= 0.6 is 0 Å². The van der Waals surface area contributed by atoms with Gasteiger partial charge in [-0.05, 0) is 62.1 Å². The normalized spacial score (nSPS) is 16.1. The highest BCUT2D eigenvalue weighted by molar-refractivity contribution is 5.90. The monoisotopic (exact) mass is 448 g/mol. The topological polar surface area (TPSA) is 32.8 Å². The Morgan fingerprint density at radius 3 is 1.97 bits per heavy atom. The summed E-state index contributed by atoms with van der Waals surface area (Å²) in [5, 5.41) is 0. The quantitative estimate of drug-likeness (QED) is 0.537. The Hall–Kier alpha value is -2.54. The van der Waals surface area contributed by atoms with E-state index in [1.54, 1.807) is 12.1 Å². The van der Waals surface area contributed by atoms with Crippen molar-refractivity contribution in [3.05, 3.63) is 54.1 Å². The lowest BCUT2D eigenvalue weighted by Crippen LogP contribution is -2.49. The maximum Gasteiger partial charge on any atom is 0.395 e. The average molecular weight is 449 g/mol. The van der Waals surface area contributed by atoms with Crippen LogP contribution in [0.1, 0.15) is 37.0 Å². The predicted molar refractivity (Wildman–Crippen MR) is 121 cm³/mol. The number of rotatable bonds is 6. The number of alkyl halides is 3. The Labute approximate surface area is 188 Å². The van der Waals surface area contributed by atoms with E-state index in [1.807, 2.05) is 36.2 Å². The predicted octanol–water partition coefficient (Wildman–Crippen LogP) is 5.63. The third kappa shape index (κ3) is 5.44. The minimum absolute atomic E-state index is 0.0381. The Morgan fingerprint density at radius 1 is 1.00 bits per heavy atom. The molecule has 0 atom stereocenters. The van der Waals surface area contributed by atoms with Crippen molar-refractivity contribution in [2.24, 2.45) is 5.41 Å². The highest BCUT2D eigenvalue weighted by Crippen LogP contribution is 2.38. The maximum atomic E-state index is 13.2. The van der Waals surface area contributed by atoms with Gasteiger partial charge in [-0.3, -0.25) is 0 Å². The zero-order chi connectivity index (χ0) is 23.5. The molecule has 0 radical (unpaired) electrons. The van der Waals surface area contributed by atoms with Crippen LogP contribution in [-0.2, 0) is 4.74 Å². The van der Waals surface area contributed by atoms with E-state index in [0.717, 1.165) is 29.7 Å². The molecule has 0 unspecified atom stereocenters. The van der Waals surface area contributed by atoms with Gasteiger partial charge in [-0.25, -0.2) is 4.79 Å². The largest absolute Gasteiger partial charge is 0.465 e. The second-order valence-electron chi connectivity index (χ2n) is 9.12. The van der Waals surface area contributed by atoms with Gasteiger partial charge >= 0.3 is 12.1 Å². The van der Waals surface area contributed by atoms with E-state index in [4.69, 9.17) is 4.74 Å². The lowest BCUT2D eigenvalue weighted by Gasteiger charge is -2.41. The molecule has 0 spiro atoms. The number of hydrogen-bond donors (Lipinski definition) is 0. The van der Waals surface area contributed by atoms with E-state index in [9.17, 15) is 18.0 Å². The maximum absolute atomic E-state index is 13.2. The van der Waals surface area contributed by atoms with Gasteiger partial charge in [0.05, 0.1) is 18.1 Å². The summed E-state index contributed by atoms with van der Waals surface area (Å²) >= 11 is 0. The van der Waals surface area contributed by atoms with Gasteiger partial charge in [0.1, 0.15) is 0 Å². The second kappa shape index (κ2) is 9.53.